The maximum atomic E-state index is 2.28. The van der Waals surface area contributed by atoms with E-state index in [1.54, 1.807) is 5.92 Å². The standard InChI is InChI=1S/C21H25/c1-4-10-18(11-5-1)16-20-14-8-3-9-15-21(20)17-19-12-6-2-7-13-19/h1-2,4-7,10-13,20H,3,8-9,14-17H2. The van der Waals surface area contributed by atoms with Gasteiger partial charge in [-0.3, -0.25) is 0 Å². The second kappa shape index (κ2) is 7.45. The van der Waals surface area contributed by atoms with Gasteiger partial charge >= 0.3 is 0 Å². The van der Waals surface area contributed by atoms with Crippen LogP contribution in [-0.2, 0) is 12.8 Å². The summed E-state index contributed by atoms with van der Waals surface area (Å²) in [6.45, 7) is 0. The van der Waals surface area contributed by atoms with Crippen LogP contribution in [0.25, 0.3) is 0 Å². The third-order valence-corrected chi connectivity index (χ3v) is 4.73. The van der Waals surface area contributed by atoms with Gasteiger partial charge in [0.05, 0.1) is 0 Å². The van der Waals surface area contributed by atoms with E-state index in [1.807, 2.05) is 0 Å². The predicted octanol–water partition coefficient (Wildman–Crippen LogP) is 5.63. The van der Waals surface area contributed by atoms with Gasteiger partial charge in [0.1, 0.15) is 0 Å². The summed E-state index contributed by atoms with van der Waals surface area (Å²) in [7, 11) is 0. The van der Waals surface area contributed by atoms with Crippen LogP contribution in [0.5, 0.6) is 0 Å². The van der Waals surface area contributed by atoms with Gasteiger partial charge in [0.2, 0.25) is 0 Å². The third kappa shape index (κ3) is 4.20. The first-order chi connectivity index (χ1) is 10.4. The summed E-state index contributed by atoms with van der Waals surface area (Å²) in [5.41, 5.74) is 2.97. The van der Waals surface area contributed by atoms with Gasteiger partial charge in [0.25, 0.3) is 0 Å². The molecule has 2 aromatic carbocycles. The predicted molar refractivity (Wildman–Crippen MR) is 90.1 cm³/mol. The highest BCUT2D eigenvalue weighted by molar-refractivity contribution is 5.22. The smallest absolute Gasteiger partial charge is 0.0163 e. The Hall–Kier alpha value is -1.56. The van der Waals surface area contributed by atoms with E-state index < -0.39 is 0 Å². The van der Waals surface area contributed by atoms with Gasteiger partial charge in [-0.1, -0.05) is 79.9 Å². The van der Waals surface area contributed by atoms with E-state index >= 15 is 0 Å². The first-order valence-corrected chi connectivity index (χ1v) is 8.34. The van der Waals surface area contributed by atoms with E-state index in [4.69, 9.17) is 0 Å². The molecule has 0 amide bonds. The van der Waals surface area contributed by atoms with Crippen LogP contribution < -0.4 is 0 Å². The number of rotatable bonds is 4. The molecule has 1 saturated carbocycles. The van der Waals surface area contributed by atoms with Crippen molar-refractivity contribution in [2.24, 2.45) is 5.92 Å². The molecule has 21 heavy (non-hydrogen) atoms. The van der Waals surface area contributed by atoms with Gasteiger partial charge in [0, 0.05) is 0 Å². The van der Waals surface area contributed by atoms with Crippen molar-refractivity contribution < 1.29 is 0 Å². The zero-order valence-corrected chi connectivity index (χ0v) is 12.8. The van der Waals surface area contributed by atoms with Gasteiger partial charge in [-0.25, -0.2) is 0 Å². The molecule has 0 heteroatoms. The fourth-order valence-corrected chi connectivity index (χ4v) is 3.56. The lowest BCUT2D eigenvalue weighted by atomic mass is 9.80. The molecule has 0 saturated heterocycles. The quantitative estimate of drug-likeness (QED) is 0.636. The van der Waals surface area contributed by atoms with Crippen molar-refractivity contribution in [2.75, 3.05) is 0 Å². The van der Waals surface area contributed by atoms with Crippen LogP contribution in [0, 0.1) is 11.8 Å². The van der Waals surface area contributed by atoms with Crippen molar-refractivity contribution >= 4 is 0 Å². The summed E-state index contributed by atoms with van der Waals surface area (Å²) in [4.78, 5) is 0. The minimum Gasteiger partial charge on any atom is -0.0622 e. The molecule has 1 aliphatic rings. The van der Waals surface area contributed by atoms with Gasteiger partial charge in [-0.15, -0.1) is 0 Å². The molecular weight excluding hydrogens is 252 g/mol. The molecule has 0 aromatic heterocycles. The summed E-state index contributed by atoms with van der Waals surface area (Å²) >= 11 is 0. The number of hydrogen-bond donors (Lipinski definition) is 0. The lowest BCUT2D eigenvalue weighted by molar-refractivity contribution is 0.477. The van der Waals surface area contributed by atoms with Crippen molar-refractivity contribution in [1.82, 2.24) is 0 Å². The van der Waals surface area contributed by atoms with Crippen molar-refractivity contribution in [1.29, 1.82) is 0 Å². The average Bonchev–Trinajstić information content (AvgIpc) is 2.75. The molecule has 1 unspecified atom stereocenters. The Kier molecular flexibility index (Phi) is 5.10. The third-order valence-electron chi connectivity index (χ3n) is 4.73. The highest BCUT2D eigenvalue weighted by Crippen LogP contribution is 2.35. The molecule has 3 rings (SSSR count). The summed E-state index contributed by atoms with van der Waals surface area (Å²) in [5, 5.41) is 0. The van der Waals surface area contributed by atoms with E-state index in [0.717, 1.165) is 5.92 Å². The van der Waals surface area contributed by atoms with Crippen LogP contribution in [0.1, 0.15) is 43.2 Å². The normalized spacial score (nSPS) is 20.1. The van der Waals surface area contributed by atoms with Crippen LogP contribution in [0.4, 0.5) is 0 Å². The van der Waals surface area contributed by atoms with E-state index in [9.17, 15) is 0 Å². The fourth-order valence-electron chi connectivity index (χ4n) is 3.56. The molecule has 0 N–H and O–H groups in total. The molecule has 109 valence electrons. The summed E-state index contributed by atoms with van der Waals surface area (Å²) in [5.74, 6) is 2.55. The number of hydrogen-bond acceptors (Lipinski definition) is 0. The lowest BCUT2D eigenvalue weighted by Gasteiger charge is -2.25. The SMILES string of the molecule is c1ccc(C[C]2CCCCCC2Cc2ccccc2)cc1. The van der Waals surface area contributed by atoms with Crippen molar-refractivity contribution in [3.8, 4) is 0 Å². The van der Waals surface area contributed by atoms with Crippen molar-refractivity contribution in [3.05, 3.63) is 77.7 Å². The summed E-state index contributed by atoms with van der Waals surface area (Å²) in [6.07, 6.45) is 9.29. The summed E-state index contributed by atoms with van der Waals surface area (Å²) in [6, 6.07) is 22.0. The first kappa shape index (κ1) is 14.4. The van der Waals surface area contributed by atoms with Gasteiger partial charge in [-0.2, -0.15) is 0 Å². The van der Waals surface area contributed by atoms with E-state index in [0.29, 0.717) is 0 Å². The van der Waals surface area contributed by atoms with E-state index in [-0.39, 0.29) is 0 Å². The van der Waals surface area contributed by atoms with Crippen LogP contribution >= 0.6 is 0 Å². The molecule has 1 fully saturated rings. The first-order valence-electron chi connectivity index (χ1n) is 8.34. The Balaban J connectivity index is 1.71. The Morgan fingerprint density at radius 1 is 0.714 bits per heavy atom. The Bertz CT molecular complexity index is 465. The van der Waals surface area contributed by atoms with Gasteiger partial charge < -0.3 is 0 Å². The minimum absolute atomic E-state index is 0.773. The molecule has 0 aliphatic heterocycles. The largest absolute Gasteiger partial charge is 0.0622 e. The molecule has 1 atom stereocenters. The molecular formula is C21H25. The molecule has 0 nitrogen and oxygen atoms in total. The number of benzene rings is 2. The lowest BCUT2D eigenvalue weighted by Crippen LogP contribution is -2.16. The van der Waals surface area contributed by atoms with E-state index in [1.165, 1.54) is 56.1 Å². The fraction of sp³-hybridized carbons (Fsp3) is 0.381. The molecule has 0 bridgehead atoms. The van der Waals surface area contributed by atoms with Crippen molar-refractivity contribution in [2.45, 2.75) is 44.9 Å². The second-order valence-electron chi connectivity index (χ2n) is 6.31. The Morgan fingerprint density at radius 2 is 1.38 bits per heavy atom. The molecule has 1 radical (unpaired) electrons. The molecule has 2 aromatic rings. The average molecular weight is 277 g/mol. The highest BCUT2D eigenvalue weighted by Gasteiger charge is 2.24. The highest BCUT2D eigenvalue weighted by atomic mass is 14.3. The maximum absolute atomic E-state index is 2.28. The van der Waals surface area contributed by atoms with Crippen LogP contribution in [0.3, 0.4) is 0 Å². The van der Waals surface area contributed by atoms with Crippen molar-refractivity contribution in [3.63, 3.8) is 0 Å². The maximum Gasteiger partial charge on any atom is -0.0163 e. The molecule has 1 aliphatic carbocycles. The van der Waals surface area contributed by atoms with E-state index in [2.05, 4.69) is 60.7 Å². The Labute approximate surface area is 129 Å². The van der Waals surface area contributed by atoms with Gasteiger partial charge in [0.15, 0.2) is 0 Å². The molecule has 0 heterocycles. The topological polar surface area (TPSA) is 0 Å². The minimum atomic E-state index is 0.773. The van der Waals surface area contributed by atoms with Gasteiger partial charge in [-0.05, 0) is 48.6 Å². The van der Waals surface area contributed by atoms with Crippen LogP contribution in [0.15, 0.2) is 60.7 Å². The van der Waals surface area contributed by atoms with Crippen LogP contribution in [0.2, 0.25) is 0 Å². The second-order valence-corrected chi connectivity index (χ2v) is 6.31. The zero-order valence-electron chi connectivity index (χ0n) is 12.8. The van der Waals surface area contributed by atoms with Crippen LogP contribution in [-0.4, -0.2) is 0 Å². The zero-order chi connectivity index (χ0) is 14.3. The Morgan fingerprint density at radius 3 is 2.10 bits per heavy atom. The molecule has 0 spiro atoms. The summed E-state index contributed by atoms with van der Waals surface area (Å²) < 4.78 is 0. The monoisotopic (exact) mass is 277 g/mol.